The molecule has 0 saturated heterocycles. The first-order valence-electron chi connectivity index (χ1n) is 13.5. The van der Waals surface area contributed by atoms with Crippen LogP contribution in [0.2, 0.25) is 0 Å². The monoisotopic (exact) mass is 615 g/mol. The summed E-state index contributed by atoms with van der Waals surface area (Å²) in [4.78, 5) is 37.1. The van der Waals surface area contributed by atoms with Gasteiger partial charge in [0.2, 0.25) is 11.8 Å². The van der Waals surface area contributed by atoms with E-state index in [0.29, 0.717) is 42.0 Å². The number of carbonyl (C=O) groups excluding carboxylic acids is 2. The molecule has 0 aliphatic heterocycles. The van der Waals surface area contributed by atoms with Gasteiger partial charge in [-0.05, 0) is 52.5 Å². The van der Waals surface area contributed by atoms with Crippen LogP contribution in [-0.2, 0) is 20.5 Å². The lowest BCUT2D eigenvalue weighted by atomic mass is 10.1. The fourth-order valence-corrected chi connectivity index (χ4v) is 3.83. The lowest BCUT2D eigenvalue weighted by molar-refractivity contribution is -0.136. The fourth-order valence-electron chi connectivity index (χ4n) is 3.83. The molecule has 2 amide bonds. The van der Waals surface area contributed by atoms with Crippen molar-refractivity contribution in [3.8, 4) is 5.75 Å². The summed E-state index contributed by atoms with van der Waals surface area (Å²) in [5.41, 5.74) is -0.638. The minimum Gasteiger partial charge on any atom is -0.489 e. The molecule has 0 atom stereocenters. The molecular formula is C30H36F3N7O4. The number of hydrogen-bond donors (Lipinski definition) is 3. The maximum atomic E-state index is 14.0. The van der Waals surface area contributed by atoms with E-state index in [1.54, 1.807) is 43.3 Å². The number of likely N-dealkylation sites (N-methyl/N-ethyl adjacent to an activating group) is 2. The Kier molecular flexibility index (Phi) is 12.2. The van der Waals surface area contributed by atoms with Crippen LogP contribution in [-0.4, -0.2) is 93.2 Å². The van der Waals surface area contributed by atoms with Gasteiger partial charge in [0.05, 0.1) is 29.1 Å². The van der Waals surface area contributed by atoms with Gasteiger partial charge in [-0.3, -0.25) is 9.59 Å². The molecule has 3 aromatic rings. The van der Waals surface area contributed by atoms with Gasteiger partial charge in [0, 0.05) is 49.5 Å². The van der Waals surface area contributed by atoms with Crippen molar-refractivity contribution in [2.45, 2.75) is 6.18 Å². The number of nitrogens with zero attached hydrogens (tertiary/aromatic N) is 4. The van der Waals surface area contributed by atoms with E-state index in [0.717, 1.165) is 6.07 Å². The van der Waals surface area contributed by atoms with Gasteiger partial charge in [-0.15, -0.1) is 0 Å². The summed E-state index contributed by atoms with van der Waals surface area (Å²) in [7, 11) is 8.87. The number of anilines is 4. The topological polar surface area (TPSA) is 121 Å². The highest BCUT2D eigenvalue weighted by Crippen LogP contribution is 2.38. The van der Waals surface area contributed by atoms with Crippen molar-refractivity contribution in [2.24, 2.45) is 0 Å². The minimum absolute atomic E-state index is 0.0658. The summed E-state index contributed by atoms with van der Waals surface area (Å²) in [6, 6.07) is 6.62. The number of carbonyl (C=O) groups is 2. The van der Waals surface area contributed by atoms with Crippen LogP contribution in [0.25, 0.3) is 10.9 Å². The molecule has 0 aliphatic carbocycles. The van der Waals surface area contributed by atoms with Crippen molar-refractivity contribution < 1.29 is 32.2 Å². The third kappa shape index (κ3) is 10.3. The van der Waals surface area contributed by atoms with Gasteiger partial charge in [-0.1, -0.05) is 12.2 Å². The fraction of sp³-hybridized carbons (Fsp3) is 0.333. The summed E-state index contributed by atoms with van der Waals surface area (Å²) in [6.07, 6.45) is 2.31. The summed E-state index contributed by atoms with van der Waals surface area (Å²) < 4.78 is 52.9. The lowest BCUT2D eigenvalue weighted by Crippen LogP contribution is -2.16. The molecule has 0 bridgehead atoms. The predicted molar refractivity (Wildman–Crippen MR) is 164 cm³/mol. The molecule has 11 nitrogen and oxygen atoms in total. The molecule has 1 aromatic heterocycles. The zero-order valence-electron chi connectivity index (χ0n) is 25.2. The number of rotatable bonds is 14. The average molecular weight is 616 g/mol. The van der Waals surface area contributed by atoms with E-state index >= 15 is 0 Å². The van der Waals surface area contributed by atoms with E-state index in [1.165, 1.54) is 37.7 Å². The SMILES string of the molecule is COCCOc1cc2ncnc(Nc3ccc(NC(=O)C=CCN(C)C)c(C(F)(F)F)c3)c2cc1NC(=O)C=CCN(C)C. The van der Waals surface area contributed by atoms with Crippen LogP contribution >= 0.6 is 0 Å². The van der Waals surface area contributed by atoms with Crippen LogP contribution in [0, 0.1) is 0 Å². The van der Waals surface area contributed by atoms with Crippen molar-refractivity contribution in [2.75, 3.05) is 77.6 Å². The van der Waals surface area contributed by atoms with Gasteiger partial charge in [0.25, 0.3) is 0 Å². The number of benzene rings is 2. The maximum absolute atomic E-state index is 14.0. The highest BCUT2D eigenvalue weighted by atomic mass is 19.4. The Morgan fingerprint density at radius 2 is 1.52 bits per heavy atom. The molecule has 0 aliphatic rings. The van der Waals surface area contributed by atoms with Gasteiger partial charge in [0.1, 0.15) is 24.5 Å². The Morgan fingerprint density at radius 3 is 2.11 bits per heavy atom. The number of methoxy groups -OCH3 is 1. The van der Waals surface area contributed by atoms with Crippen molar-refractivity contribution in [1.82, 2.24) is 19.8 Å². The highest BCUT2D eigenvalue weighted by Gasteiger charge is 2.34. The number of halogens is 3. The Morgan fingerprint density at radius 1 is 0.886 bits per heavy atom. The molecule has 3 rings (SSSR count). The number of hydrogen-bond acceptors (Lipinski definition) is 9. The highest BCUT2D eigenvalue weighted by molar-refractivity contribution is 6.04. The molecule has 2 aromatic carbocycles. The number of ether oxygens (including phenoxy) is 2. The molecule has 0 saturated carbocycles. The van der Waals surface area contributed by atoms with Crippen molar-refractivity contribution in [1.29, 1.82) is 0 Å². The van der Waals surface area contributed by atoms with Gasteiger partial charge in [-0.25, -0.2) is 9.97 Å². The summed E-state index contributed by atoms with van der Waals surface area (Å²) in [5, 5.41) is 8.40. The summed E-state index contributed by atoms with van der Waals surface area (Å²) in [5.74, 6) is -0.575. The zero-order chi connectivity index (χ0) is 32.3. The first kappa shape index (κ1) is 34.0. The molecule has 3 N–H and O–H groups in total. The quantitative estimate of drug-likeness (QED) is 0.177. The van der Waals surface area contributed by atoms with Gasteiger partial charge >= 0.3 is 6.18 Å². The van der Waals surface area contributed by atoms with Gasteiger partial charge in [-0.2, -0.15) is 13.2 Å². The van der Waals surface area contributed by atoms with Gasteiger partial charge < -0.3 is 35.2 Å². The second kappa shape index (κ2) is 15.8. The Balaban J connectivity index is 1.95. The van der Waals surface area contributed by atoms with E-state index < -0.39 is 23.6 Å². The third-order valence-corrected chi connectivity index (χ3v) is 5.86. The van der Waals surface area contributed by atoms with E-state index in [9.17, 15) is 22.8 Å². The van der Waals surface area contributed by atoms with E-state index in [1.807, 2.05) is 19.0 Å². The molecule has 1 heterocycles. The van der Waals surface area contributed by atoms with E-state index in [4.69, 9.17) is 9.47 Å². The zero-order valence-corrected chi connectivity index (χ0v) is 25.2. The summed E-state index contributed by atoms with van der Waals surface area (Å²) in [6.45, 7) is 1.51. The van der Waals surface area contributed by atoms with Crippen LogP contribution in [0.1, 0.15) is 5.56 Å². The smallest absolute Gasteiger partial charge is 0.418 e. The molecule has 14 heteroatoms. The number of amides is 2. The normalized spacial score (nSPS) is 12.0. The number of nitrogens with one attached hydrogen (secondary N) is 3. The predicted octanol–water partition coefficient (Wildman–Crippen LogP) is 4.53. The van der Waals surface area contributed by atoms with Crippen LogP contribution < -0.4 is 20.7 Å². The standard InChI is InChI=1S/C30H36F3N7O4/c1-39(2)12-6-8-27(41)37-23-11-10-20(16-22(23)30(31,32)33)36-29-21-17-25(38-28(42)9-7-13-40(3)4)26(44-15-14-43-5)18-24(21)34-19-35-29/h6-11,16-19H,12-15H2,1-5H3,(H,37,41)(H,38,42)(H,34,35,36). The molecule has 0 unspecified atom stereocenters. The van der Waals surface area contributed by atoms with Crippen molar-refractivity contribution >= 4 is 45.6 Å². The average Bonchev–Trinajstić information content (AvgIpc) is 2.93. The minimum atomic E-state index is -4.76. The Bertz CT molecular complexity index is 1510. The van der Waals surface area contributed by atoms with Crippen LogP contribution in [0.5, 0.6) is 5.75 Å². The Labute approximate surface area is 253 Å². The lowest BCUT2D eigenvalue weighted by Gasteiger charge is -2.17. The third-order valence-electron chi connectivity index (χ3n) is 5.86. The van der Waals surface area contributed by atoms with E-state index in [2.05, 4.69) is 25.9 Å². The summed E-state index contributed by atoms with van der Waals surface area (Å²) >= 11 is 0. The maximum Gasteiger partial charge on any atom is 0.418 e. The molecule has 44 heavy (non-hydrogen) atoms. The second-order valence-corrected chi connectivity index (χ2v) is 10.1. The molecule has 0 radical (unpaired) electrons. The molecule has 236 valence electrons. The molecule has 0 spiro atoms. The number of fused-ring (bicyclic) bond motifs is 1. The van der Waals surface area contributed by atoms with Crippen LogP contribution in [0.4, 0.5) is 36.1 Å². The van der Waals surface area contributed by atoms with E-state index in [-0.39, 0.29) is 23.8 Å². The Hall–Kier alpha value is -4.53. The van der Waals surface area contributed by atoms with Crippen molar-refractivity contribution in [3.63, 3.8) is 0 Å². The number of alkyl halides is 3. The molecule has 0 fully saturated rings. The first-order valence-corrected chi connectivity index (χ1v) is 13.5. The second-order valence-electron chi connectivity index (χ2n) is 10.1. The van der Waals surface area contributed by atoms with Gasteiger partial charge in [0.15, 0.2) is 0 Å². The largest absolute Gasteiger partial charge is 0.489 e. The van der Waals surface area contributed by atoms with Crippen LogP contribution in [0.3, 0.4) is 0 Å². The van der Waals surface area contributed by atoms with Crippen LogP contribution in [0.15, 0.2) is 61.0 Å². The van der Waals surface area contributed by atoms with Crippen molar-refractivity contribution in [3.05, 3.63) is 66.5 Å². The molecular weight excluding hydrogens is 579 g/mol. The first-order chi connectivity index (χ1) is 20.9. The number of aromatic nitrogens is 2.